The minimum Gasteiger partial charge on any atom is -0.870 e. The molecule has 0 amide bonds. The van der Waals surface area contributed by atoms with E-state index >= 15 is 0 Å². The molecule has 0 aromatic carbocycles. The number of fused-ring (bicyclic) bond motifs is 2. The number of aliphatic hydroxyl groups is 1. The van der Waals surface area contributed by atoms with Crippen LogP contribution < -0.4 is 41.0 Å². The Kier molecular flexibility index (Phi) is 12.7. The first-order chi connectivity index (χ1) is 14.1. The second kappa shape index (κ2) is 14.0. The molecule has 0 saturated carbocycles. The van der Waals surface area contributed by atoms with Crippen LogP contribution in [0.4, 0.5) is 16.4 Å². The van der Waals surface area contributed by atoms with Crippen molar-refractivity contribution >= 4 is 40.1 Å². The number of nitrogen functional groups attached to an aromatic ring is 2. The van der Waals surface area contributed by atoms with Gasteiger partial charge in [-0.05, 0) is 0 Å². The standard InChI is InChI=1S/C7H9N5O.C5H5N5.C3H4O3.CH4.Na.H2O/c8-6-5-7(10-3-9-6)12(1-2-13)4-11-5;6-4-3-5(9-1-7-3)10-2-8-4;4-3-5-1-2-6-3;;;/h3-4,13H,1-2H2,(H2,8,9,10);1-2H,(H3,6,7,8,9,10);1-2H2;1H4;;1H2/q;;;;+1;/p-1. The summed E-state index contributed by atoms with van der Waals surface area (Å²) in [5.41, 5.74) is 13.6. The zero-order chi connectivity index (χ0) is 20.6. The Morgan fingerprint density at radius 3 is 2.28 bits per heavy atom. The molecule has 168 valence electrons. The first kappa shape index (κ1) is 28.9. The third-order valence-corrected chi connectivity index (χ3v) is 3.55. The average molecular weight is 458 g/mol. The molecule has 0 atom stereocenters. The van der Waals surface area contributed by atoms with Gasteiger partial charge >= 0.3 is 35.7 Å². The molecular weight excluding hydrogens is 435 g/mol. The predicted octanol–water partition coefficient (Wildman–Crippen LogP) is -3.05. The van der Waals surface area contributed by atoms with E-state index in [1.54, 1.807) is 10.9 Å². The molecule has 7 N–H and O–H groups in total. The van der Waals surface area contributed by atoms with Gasteiger partial charge in [-0.3, -0.25) is 0 Å². The first-order valence-corrected chi connectivity index (χ1v) is 8.31. The van der Waals surface area contributed by atoms with Crippen LogP contribution >= 0.6 is 0 Å². The van der Waals surface area contributed by atoms with Crippen molar-refractivity contribution in [1.29, 1.82) is 0 Å². The number of ether oxygens (including phenoxy) is 2. The predicted molar refractivity (Wildman–Crippen MR) is 109 cm³/mol. The van der Waals surface area contributed by atoms with Gasteiger partial charge in [-0.25, -0.2) is 34.7 Å². The van der Waals surface area contributed by atoms with Gasteiger partial charge in [0.1, 0.15) is 36.9 Å². The van der Waals surface area contributed by atoms with Crippen LogP contribution in [0.5, 0.6) is 0 Å². The van der Waals surface area contributed by atoms with Gasteiger partial charge in [0, 0.05) is 6.54 Å². The fourth-order valence-corrected chi connectivity index (χ4v) is 2.25. The molecular formula is C16H23N10NaO5. The van der Waals surface area contributed by atoms with Gasteiger partial charge in [0.15, 0.2) is 22.9 Å². The monoisotopic (exact) mass is 458 g/mol. The first-order valence-electron chi connectivity index (χ1n) is 8.31. The minimum atomic E-state index is -0.546. The van der Waals surface area contributed by atoms with Crippen molar-refractivity contribution in [2.24, 2.45) is 0 Å². The molecule has 15 nitrogen and oxygen atoms in total. The summed E-state index contributed by atoms with van der Waals surface area (Å²) in [6, 6.07) is 0. The van der Waals surface area contributed by atoms with Crippen molar-refractivity contribution in [3.8, 4) is 0 Å². The summed E-state index contributed by atoms with van der Waals surface area (Å²) in [6.45, 7) is 1.35. The maximum atomic E-state index is 9.80. The summed E-state index contributed by atoms with van der Waals surface area (Å²) in [4.78, 5) is 36.0. The summed E-state index contributed by atoms with van der Waals surface area (Å²) in [6.07, 6.45) is 5.35. The summed E-state index contributed by atoms with van der Waals surface area (Å²) in [5.74, 6) is 0.796. The normalized spacial score (nSPS) is 11.3. The SMILES string of the molecule is C.Nc1ncnc2c1ncn2CCO.Nc1ncnc2nc[nH]c12.O=C1OCCO1.[Na+].[OH-]. The van der Waals surface area contributed by atoms with Crippen molar-refractivity contribution in [2.75, 3.05) is 31.3 Å². The third-order valence-electron chi connectivity index (χ3n) is 3.55. The summed E-state index contributed by atoms with van der Waals surface area (Å²) in [5, 5.41) is 8.74. The fraction of sp³-hybridized carbons (Fsp3) is 0.312. The van der Waals surface area contributed by atoms with Crippen LogP contribution in [0.2, 0.25) is 0 Å². The number of aromatic nitrogens is 8. The quantitative estimate of drug-likeness (QED) is 0.173. The zero-order valence-electron chi connectivity index (χ0n) is 16.5. The molecule has 1 aliphatic heterocycles. The van der Waals surface area contributed by atoms with Crippen LogP contribution in [0.25, 0.3) is 22.3 Å². The minimum absolute atomic E-state index is 0. The Hall–Kier alpha value is -3.11. The molecule has 5 rings (SSSR count). The van der Waals surface area contributed by atoms with E-state index < -0.39 is 6.16 Å². The molecule has 5 heterocycles. The smallest absolute Gasteiger partial charge is 0.870 e. The van der Waals surface area contributed by atoms with Crippen LogP contribution in [0, 0.1) is 0 Å². The molecule has 0 unspecified atom stereocenters. The number of carbonyl (C=O) groups is 1. The third kappa shape index (κ3) is 7.24. The molecule has 1 fully saturated rings. The van der Waals surface area contributed by atoms with E-state index in [4.69, 9.17) is 16.6 Å². The van der Waals surface area contributed by atoms with Gasteiger partial charge in [-0.1, -0.05) is 7.43 Å². The molecule has 1 saturated heterocycles. The number of anilines is 2. The van der Waals surface area contributed by atoms with E-state index in [9.17, 15) is 4.79 Å². The summed E-state index contributed by atoms with van der Waals surface area (Å²) in [7, 11) is 0. The topological polar surface area (TPSA) is 236 Å². The molecule has 0 bridgehead atoms. The number of rotatable bonds is 2. The maximum absolute atomic E-state index is 9.80. The van der Waals surface area contributed by atoms with E-state index in [1.165, 1.54) is 19.0 Å². The number of carbonyl (C=O) groups excluding carboxylic acids is 1. The fourth-order valence-electron chi connectivity index (χ4n) is 2.25. The van der Waals surface area contributed by atoms with Crippen LogP contribution in [0.3, 0.4) is 0 Å². The number of imidazole rings is 2. The molecule has 1 aliphatic rings. The van der Waals surface area contributed by atoms with E-state index in [-0.39, 0.29) is 49.1 Å². The number of nitrogens with two attached hydrogens (primary N) is 2. The van der Waals surface area contributed by atoms with E-state index in [2.05, 4.69) is 44.4 Å². The number of H-pyrrole nitrogens is 1. The van der Waals surface area contributed by atoms with Gasteiger partial charge < -0.3 is 41.1 Å². The van der Waals surface area contributed by atoms with Crippen LogP contribution in [0.15, 0.2) is 25.3 Å². The maximum Gasteiger partial charge on any atom is 1.00 e. The van der Waals surface area contributed by atoms with E-state index in [1.807, 2.05) is 0 Å². The Bertz CT molecular complexity index is 1100. The number of aromatic amines is 1. The molecule has 4 aromatic rings. The molecule has 16 heteroatoms. The second-order valence-electron chi connectivity index (χ2n) is 5.40. The number of hydrogen-bond donors (Lipinski definition) is 4. The number of hydrogen-bond acceptors (Lipinski definition) is 13. The van der Waals surface area contributed by atoms with Crippen molar-refractivity contribution in [3.05, 3.63) is 25.3 Å². The van der Waals surface area contributed by atoms with Crippen LogP contribution in [0.1, 0.15) is 7.43 Å². The second-order valence-corrected chi connectivity index (χ2v) is 5.40. The van der Waals surface area contributed by atoms with Gasteiger partial charge in [-0.15, -0.1) is 0 Å². The van der Waals surface area contributed by atoms with E-state index in [0.717, 1.165) is 0 Å². The number of cyclic esters (lactones) is 2. The van der Waals surface area contributed by atoms with E-state index in [0.29, 0.717) is 53.7 Å². The molecule has 32 heavy (non-hydrogen) atoms. The summed E-state index contributed by atoms with van der Waals surface area (Å²) >= 11 is 0. The van der Waals surface area contributed by atoms with Crippen LogP contribution in [-0.2, 0) is 16.0 Å². The van der Waals surface area contributed by atoms with Crippen molar-refractivity contribution in [3.63, 3.8) is 0 Å². The van der Waals surface area contributed by atoms with Gasteiger partial charge in [0.2, 0.25) is 0 Å². The Labute approximate surface area is 204 Å². The van der Waals surface area contributed by atoms with Crippen LogP contribution in [-0.4, -0.2) is 76.0 Å². The van der Waals surface area contributed by atoms with Crippen molar-refractivity contribution in [2.45, 2.75) is 14.0 Å². The van der Waals surface area contributed by atoms with Crippen molar-refractivity contribution in [1.82, 2.24) is 39.5 Å². The Morgan fingerprint density at radius 1 is 1.03 bits per heavy atom. The Balaban J connectivity index is 0.000000455. The van der Waals surface area contributed by atoms with Gasteiger partial charge in [-0.2, -0.15) is 0 Å². The molecule has 4 aromatic heterocycles. The average Bonchev–Trinajstić information content (AvgIpc) is 3.46. The number of aliphatic hydroxyl groups excluding tert-OH is 1. The Morgan fingerprint density at radius 2 is 1.69 bits per heavy atom. The largest absolute Gasteiger partial charge is 1.00 e. The van der Waals surface area contributed by atoms with Gasteiger partial charge in [0.25, 0.3) is 0 Å². The van der Waals surface area contributed by atoms with Crippen molar-refractivity contribution < 1.29 is 54.4 Å². The number of nitrogens with one attached hydrogen (secondary N) is 1. The molecule has 0 spiro atoms. The number of nitrogens with zero attached hydrogens (tertiary/aromatic N) is 7. The molecule has 0 radical (unpaired) electrons. The summed E-state index contributed by atoms with van der Waals surface area (Å²) < 4.78 is 10.3. The van der Waals surface area contributed by atoms with Gasteiger partial charge in [0.05, 0.1) is 19.3 Å². The zero-order valence-corrected chi connectivity index (χ0v) is 18.5. The molecule has 0 aliphatic carbocycles.